The van der Waals surface area contributed by atoms with Crippen LogP contribution in [0.25, 0.3) is 0 Å². The van der Waals surface area contributed by atoms with Gasteiger partial charge >= 0.3 is 0 Å². The summed E-state index contributed by atoms with van der Waals surface area (Å²) in [6.45, 7) is 5.85. The fourth-order valence-electron chi connectivity index (χ4n) is 3.89. The number of aryl methyl sites for hydroxylation is 1. The number of rotatable bonds is 2. The second kappa shape index (κ2) is 5.67. The summed E-state index contributed by atoms with van der Waals surface area (Å²) in [6, 6.07) is 1.99. The second-order valence-corrected chi connectivity index (χ2v) is 8.53. The van der Waals surface area contributed by atoms with Crippen LogP contribution in [0.3, 0.4) is 0 Å². The number of hydrogen-bond acceptors (Lipinski definition) is 5. The van der Waals surface area contributed by atoms with Crippen LogP contribution in [0.4, 0.5) is 5.69 Å². The maximum absolute atomic E-state index is 13.1. The number of thiazole rings is 1. The predicted molar refractivity (Wildman–Crippen MR) is 95.6 cm³/mol. The van der Waals surface area contributed by atoms with E-state index >= 15 is 0 Å². The van der Waals surface area contributed by atoms with Crippen molar-refractivity contribution in [2.45, 2.75) is 20.3 Å². The van der Waals surface area contributed by atoms with Crippen molar-refractivity contribution in [3.63, 3.8) is 0 Å². The monoisotopic (exact) mass is 361 g/mol. The fourth-order valence-corrected chi connectivity index (χ4v) is 5.12. The Morgan fingerprint density at radius 1 is 1.42 bits per heavy atom. The molecule has 0 aliphatic carbocycles. The van der Waals surface area contributed by atoms with Crippen molar-refractivity contribution < 1.29 is 9.59 Å². The lowest BCUT2D eigenvalue weighted by atomic mass is 9.78. The van der Waals surface area contributed by atoms with Crippen LogP contribution in [-0.4, -0.2) is 41.3 Å². The van der Waals surface area contributed by atoms with Gasteiger partial charge in [0.15, 0.2) is 0 Å². The van der Waals surface area contributed by atoms with Crippen molar-refractivity contribution in [1.82, 2.24) is 9.88 Å². The quantitative estimate of drug-likeness (QED) is 0.826. The zero-order valence-electron chi connectivity index (χ0n) is 13.7. The minimum atomic E-state index is -0.442. The number of nitrogens with zero attached hydrogens (tertiary/aromatic N) is 3. The van der Waals surface area contributed by atoms with Gasteiger partial charge in [0.05, 0.1) is 16.1 Å². The van der Waals surface area contributed by atoms with Crippen LogP contribution in [0.15, 0.2) is 22.2 Å². The van der Waals surface area contributed by atoms with E-state index in [1.807, 2.05) is 38.9 Å². The number of anilines is 1. The van der Waals surface area contributed by atoms with Gasteiger partial charge in [0.1, 0.15) is 5.69 Å². The van der Waals surface area contributed by atoms with Gasteiger partial charge < -0.3 is 9.80 Å². The van der Waals surface area contributed by atoms with Crippen LogP contribution in [-0.2, 0) is 4.79 Å². The van der Waals surface area contributed by atoms with Crippen molar-refractivity contribution in [3.05, 3.63) is 32.9 Å². The molecule has 7 heteroatoms. The number of hydrogen-bond donors (Lipinski definition) is 0. The Labute approximate surface area is 148 Å². The zero-order chi connectivity index (χ0) is 16.9. The summed E-state index contributed by atoms with van der Waals surface area (Å²) in [5.41, 5.74) is 1.04. The maximum Gasteiger partial charge on any atom is 0.273 e. The number of likely N-dealkylation sites (tertiary alicyclic amines) is 1. The Kier molecular flexibility index (Phi) is 3.73. The summed E-state index contributed by atoms with van der Waals surface area (Å²) in [7, 11) is 0. The molecular weight excluding hydrogens is 342 g/mol. The molecule has 0 saturated carbocycles. The Morgan fingerprint density at radius 2 is 2.25 bits per heavy atom. The highest BCUT2D eigenvalue weighted by molar-refractivity contribution is 7.09. The Morgan fingerprint density at radius 3 is 2.92 bits per heavy atom. The Bertz CT molecular complexity index is 786. The molecule has 2 aromatic rings. The summed E-state index contributed by atoms with van der Waals surface area (Å²) in [5.74, 6) is 0.278. The first-order valence-electron chi connectivity index (χ1n) is 8.07. The number of thiophene rings is 1. The van der Waals surface area contributed by atoms with Gasteiger partial charge in [-0.05, 0) is 30.7 Å². The lowest BCUT2D eigenvalue weighted by molar-refractivity contribution is -0.126. The third-order valence-electron chi connectivity index (χ3n) is 5.31. The SMILES string of the molecule is Cc1nc(C(=O)N2C[C@@H](C)[C@@]3(CCN(c4ccsc4)C3=O)C2)cs1. The van der Waals surface area contributed by atoms with E-state index in [1.165, 1.54) is 11.3 Å². The molecular formula is C17H19N3O2S2. The number of carbonyl (C=O) groups excluding carboxylic acids is 2. The second-order valence-electron chi connectivity index (χ2n) is 6.68. The van der Waals surface area contributed by atoms with Gasteiger partial charge in [-0.25, -0.2) is 4.98 Å². The summed E-state index contributed by atoms with van der Waals surface area (Å²) >= 11 is 3.08. The topological polar surface area (TPSA) is 53.5 Å². The van der Waals surface area contributed by atoms with E-state index in [-0.39, 0.29) is 17.7 Å². The molecule has 1 spiro atoms. The molecule has 0 unspecified atom stereocenters. The lowest BCUT2D eigenvalue weighted by Crippen LogP contribution is -2.40. The first-order valence-corrected chi connectivity index (χ1v) is 9.89. The van der Waals surface area contributed by atoms with E-state index in [2.05, 4.69) is 11.9 Å². The number of aromatic nitrogens is 1. The Balaban J connectivity index is 1.57. The Hall–Kier alpha value is -1.73. The molecule has 24 heavy (non-hydrogen) atoms. The third kappa shape index (κ3) is 2.29. The molecule has 2 aliphatic rings. The van der Waals surface area contributed by atoms with Gasteiger partial charge in [-0.3, -0.25) is 9.59 Å². The molecule has 0 N–H and O–H groups in total. The first-order chi connectivity index (χ1) is 11.5. The molecule has 2 atom stereocenters. The summed E-state index contributed by atoms with van der Waals surface area (Å²) in [4.78, 5) is 33.8. The predicted octanol–water partition coefficient (Wildman–Crippen LogP) is 3.03. The van der Waals surface area contributed by atoms with Crippen molar-refractivity contribution in [2.24, 2.45) is 11.3 Å². The van der Waals surface area contributed by atoms with Gasteiger partial charge in [-0.1, -0.05) is 6.92 Å². The molecule has 5 nitrogen and oxygen atoms in total. The van der Waals surface area contributed by atoms with E-state index < -0.39 is 5.41 Å². The molecule has 0 aromatic carbocycles. The molecule has 2 aromatic heterocycles. The highest BCUT2D eigenvalue weighted by atomic mass is 32.1. The summed E-state index contributed by atoms with van der Waals surface area (Å²) in [5, 5.41) is 6.70. The fraction of sp³-hybridized carbons (Fsp3) is 0.471. The summed E-state index contributed by atoms with van der Waals surface area (Å²) in [6.07, 6.45) is 0.808. The molecule has 0 bridgehead atoms. The normalized spacial score (nSPS) is 26.8. The van der Waals surface area contributed by atoms with Crippen LogP contribution < -0.4 is 4.90 Å². The highest BCUT2D eigenvalue weighted by Gasteiger charge is 2.56. The van der Waals surface area contributed by atoms with Gasteiger partial charge in [0, 0.05) is 30.4 Å². The molecule has 4 heterocycles. The molecule has 2 fully saturated rings. The van der Waals surface area contributed by atoms with Crippen LogP contribution in [0, 0.1) is 18.3 Å². The molecule has 0 radical (unpaired) electrons. The average Bonchev–Trinajstić information content (AvgIpc) is 3.31. The third-order valence-corrected chi connectivity index (χ3v) is 6.75. The van der Waals surface area contributed by atoms with Crippen molar-refractivity contribution in [1.29, 1.82) is 0 Å². The van der Waals surface area contributed by atoms with E-state index in [0.717, 1.165) is 23.7 Å². The van der Waals surface area contributed by atoms with E-state index in [1.54, 1.807) is 11.3 Å². The van der Waals surface area contributed by atoms with Gasteiger partial charge in [0.2, 0.25) is 5.91 Å². The van der Waals surface area contributed by atoms with Crippen LogP contribution in [0.1, 0.15) is 28.8 Å². The largest absolute Gasteiger partial charge is 0.336 e. The molecule has 2 saturated heterocycles. The molecule has 126 valence electrons. The summed E-state index contributed by atoms with van der Waals surface area (Å²) < 4.78 is 0. The van der Waals surface area contributed by atoms with Gasteiger partial charge in [-0.15, -0.1) is 11.3 Å². The average molecular weight is 361 g/mol. The minimum Gasteiger partial charge on any atom is -0.336 e. The maximum atomic E-state index is 13.1. The van der Waals surface area contributed by atoms with E-state index in [0.29, 0.717) is 18.8 Å². The molecule has 2 amide bonds. The first kappa shape index (κ1) is 15.8. The van der Waals surface area contributed by atoms with Crippen LogP contribution in [0.2, 0.25) is 0 Å². The number of carbonyl (C=O) groups is 2. The molecule has 4 rings (SSSR count). The van der Waals surface area contributed by atoms with Crippen molar-refractivity contribution in [3.8, 4) is 0 Å². The standard InChI is InChI=1S/C17H19N3O2S2/c1-11-7-19(15(21)14-9-24-12(2)18-14)10-17(11)4-5-20(16(17)22)13-3-6-23-8-13/h3,6,8-9,11H,4-5,7,10H2,1-2H3/t11-,17-/m1/s1. The van der Waals surface area contributed by atoms with Crippen LogP contribution >= 0.6 is 22.7 Å². The highest BCUT2D eigenvalue weighted by Crippen LogP contribution is 2.46. The lowest BCUT2D eigenvalue weighted by Gasteiger charge is -2.26. The van der Waals surface area contributed by atoms with Gasteiger partial charge in [0.25, 0.3) is 5.91 Å². The molecule has 2 aliphatic heterocycles. The van der Waals surface area contributed by atoms with E-state index in [4.69, 9.17) is 0 Å². The zero-order valence-corrected chi connectivity index (χ0v) is 15.3. The smallest absolute Gasteiger partial charge is 0.273 e. The van der Waals surface area contributed by atoms with Crippen molar-refractivity contribution >= 4 is 40.2 Å². The van der Waals surface area contributed by atoms with Gasteiger partial charge in [-0.2, -0.15) is 11.3 Å². The van der Waals surface area contributed by atoms with Crippen LogP contribution in [0.5, 0.6) is 0 Å². The number of amides is 2. The van der Waals surface area contributed by atoms with Crippen molar-refractivity contribution in [2.75, 3.05) is 24.5 Å². The van der Waals surface area contributed by atoms with E-state index in [9.17, 15) is 9.59 Å². The minimum absolute atomic E-state index is 0.0511.